The SMILES string of the molecule is c1ccc(-c2nc(-c3ccc(-c4ccc5c(c4)oc4ccccc45)cc3)nc3ccc(-c4ccc5c6ccccc6n(-c6ccccc6)c5c4)cc23)cc1. The molecule has 4 heteroatoms. The van der Waals surface area contributed by atoms with E-state index in [2.05, 4.69) is 168 Å². The summed E-state index contributed by atoms with van der Waals surface area (Å²) in [5.41, 5.74) is 13.6. The minimum Gasteiger partial charge on any atom is -0.456 e. The molecule has 0 fully saturated rings. The van der Waals surface area contributed by atoms with Gasteiger partial charge in [0.05, 0.1) is 22.2 Å². The molecule has 0 aliphatic rings. The van der Waals surface area contributed by atoms with Crippen LogP contribution in [0.5, 0.6) is 0 Å². The lowest BCUT2D eigenvalue weighted by Gasteiger charge is -2.12. The van der Waals surface area contributed by atoms with Gasteiger partial charge in [0.15, 0.2) is 5.82 Å². The topological polar surface area (TPSA) is 43.9 Å². The van der Waals surface area contributed by atoms with Gasteiger partial charge in [-0.3, -0.25) is 0 Å². The molecule has 0 spiro atoms. The fourth-order valence-electron chi connectivity index (χ4n) is 7.98. The van der Waals surface area contributed by atoms with E-state index in [0.717, 1.165) is 77.6 Å². The Morgan fingerprint density at radius 2 is 0.944 bits per heavy atom. The monoisotopic (exact) mass is 689 g/mol. The van der Waals surface area contributed by atoms with Crippen molar-refractivity contribution in [2.45, 2.75) is 0 Å². The van der Waals surface area contributed by atoms with E-state index in [9.17, 15) is 0 Å². The molecule has 0 amide bonds. The van der Waals surface area contributed by atoms with Crippen LogP contribution in [0.3, 0.4) is 0 Å². The third-order valence-electron chi connectivity index (χ3n) is 10.6. The van der Waals surface area contributed by atoms with E-state index in [4.69, 9.17) is 14.4 Å². The van der Waals surface area contributed by atoms with Crippen molar-refractivity contribution in [2.75, 3.05) is 0 Å². The van der Waals surface area contributed by atoms with Crippen LogP contribution in [-0.4, -0.2) is 14.5 Å². The van der Waals surface area contributed by atoms with E-state index in [1.165, 1.54) is 21.8 Å². The Bertz CT molecular complexity index is 3200. The van der Waals surface area contributed by atoms with Gasteiger partial charge in [0.1, 0.15) is 11.2 Å². The first-order chi connectivity index (χ1) is 26.7. The van der Waals surface area contributed by atoms with Crippen molar-refractivity contribution in [1.82, 2.24) is 14.5 Å². The number of hydrogen-bond donors (Lipinski definition) is 0. The van der Waals surface area contributed by atoms with Crippen molar-refractivity contribution in [3.63, 3.8) is 0 Å². The van der Waals surface area contributed by atoms with Crippen LogP contribution in [0.25, 0.3) is 105 Å². The molecular weight excluding hydrogens is 659 g/mol. The van der Waals surface area contributed by atoms with Gasteiger partial charge in [0, 0.05) is 43.7 Å². The second-order valence-corrected chi connectivity index (χ2v) is 13.8. The van der Waals surface area contributed by atoms with Crippen molar-refractivity contribution in [1.29, 1.82) is 0 Å². The van der Waals surface area contributed by atoms with Crippen LogP contribution in [0.1, 0.15) is 0 Å². The first kappa shape index (κ1) is 30.3. The van der Waals surface area contributed by atoms with E-state index in [1.807, 2.05) is 24.3 Å². The fourth-order valence-corrected chi connectivity index (χ4v) is 7.98. The zero-order chi connectivity index (χ0) is 35.6. The Labute approximate surface area is 311 Å². The normalized spacial score (nSPS) is 11.7. The van der Waals surface area contributed by atoms with Crippen molar-refractivity contribution < 1.29 is 4.42 Å². The summed E-state index contributed by atoms with van der Waals surface area (Å²) in [7, 11) is 0. The summed E-state index contributed by atoms with van der Waals surface area (Å²) < 4.78 is 8.54. The number of hydrogen-bond acceptors (Lipinski definition) is 3. The molecule has 0 saturated heterocycles. The molecule has 0 bridgehead atoms. The highest BCUT2D eigenvalue weighted by Crippen LogP contribution is 2.38. The molecular formula is C50H31N3O. The van der Waals surface area contributed by atoms with Crippen LogP contribution >= 0.6 is 0 Å². The molecule has 54 heavy (non-hydrogen) atoms. The highest BCUT2D eigenvalue weighted by atomic mass is 16.3. The second-order valence-electron chi connectivity index (χ2n) is 13.8. The van der Waals surface area contributed by atoms with Gasteiger partial charge in [0.25, 0.3) is 0 Å². The van der Waals surface area contributed by atoms with Gasteiger partial charge in [-0.1, -0.05) is 133 Å². The third kappa shape index (κ3) is 4.92. The Balaban J connectivity index is 1.01. The minimum atomic E-state index is 0.696. The molecule has 0 saturated carbocycles. The molecule has 0 atom stereocenters. The molecule has 11 rings (SSSR count). The highest BCUT2D eigenvalue weighted by molar-refractivity contribution is 6.10. The van der Waals surface area contributed by atoms with Gasteiger partial charge in [-0.05, 0) is 76.9 Å². The maximum absolute atomic E-state index is 6.17. The molecule has 0 aliphatic heterocycles. The van der Waals surface area contributed by atoms with Gasteiger partial charge in [0.2, 0.25) is 0 Å². The largest absolute Gasteiger partial charge is 0.456 e. The van der Waals surface area contributed by atoms with Crippen molar-refractivity contribution in [2.24, 2.45) is 0 Å². The average molecular weight is 690 g/mol. The highest BCUT2D eigenvalue weighted by Gasteiger charge is 2.16. The molecule has 3 aromatic heterocycles. The molecule has 252 valence electrons. The van der Waals surface area contributed by atoms with Crippen LogP contribution in [0.4, 0.5) is 0 Å². The van der Waals surface area contributed by atoms with E-state index in [0.29, 0.717) is 5.82 Å². The average Bonchev–Trinajstić information content (AvgIpc) is 3.79. The number of rotatable bonds is 5. The fraction of sp³-hybridized carbons (Fsp3) is 0. The number of nitrogens with zero attached hydrogens (tertiary/aromatic N) is 3. The van der Waals surface area contributed by atoms with E-state index in [-0.39, 0.29) is 0 Å². The Morgan fingerprint density at radius 1 is 0.352 bits per heavy atom. The predicted molar refractivity (Wildman–Crippen MR) is 223 cm³/mol. The molecule has 0 N–H and O–H groups in total. The lowest BCUT2D eigenvalue weighted by molar-refractivity contribution is 0.669. The van der Waals surface area contributed by atoms with Gasteiger partial charge in [-0.2, -0.15) is 0 Å². The van der Waals surface area contributed by atoms with Gasteiger partial charge in [-0.15, -0.1) is 0 Å². The summed E-state index contributed by atoms with van der Waals surface area (Å²) in [6, 6.07) is 66.2. The van der Waals surface area contributed by atoms with Crippen molar-refractivity contribution >= 4 is 54.6 Å². The van der Waals surface area contributed by atoms with Crippen LogP contribution < -0.4 is 0 Å². The van der Waals surface area contributed by atoms with Crippen LogP contribution in [0.15, 0.2) is 192 Å². The summed E-state index contributed by atoms with van der Waals surface area (Å²) in [5, 5.41) is 5.76. The van der Waals surface area contributed by atoms with Gasteiger partial charge >= 0.3 is 0 Å². The van der Waals surface area contributed by atoms with Crippen LogP contribution in [-0.2, 0) is 0 Å². The summed E-state index contributed by atoms with van der Waals surface area (Å²) in [5.74, 6) is 0.696. The van der Waals surface area contributed by atoms with Gasteiger partial charge < -0.3 is 8.98 Å². The molecule has 8 aromatic carbocycles. The number of benzene rings is 8. The summed E-state index contributed by atoms with van der Waals surface area (Å²) in [4.78, 5) is 10.4. The third-order valence-corrected chi connectivity index (χ3v) is 10.6. The Morgan fingerprint density at radius 3 is 1.78 bits per heavy atom. The first-order valence-electron chi connectivity index (χ1n) is 18.2. The molecule has 0 unspecified atom stereocenters. The van der Waals surface area contributed by atoms with Crippen LogP contribution in [0, 0.1) is 0 Å². The maximum atomic E-state index is 6.17. The molecule has 4 nitrogen and oxygen atoms in total. The molecule has 3 heterocycles. The second kappa shape index (κ2) is 12.1. The summed E-state index contributed by atoms with van der Waals surface area (Å²) in [6.07, 6.45) is 0. The predicted octanol–water partition coefficient (Wildman–Crippen LogP) is 13.3. The quantitative estimate of drug-likeness (QED) is 0.181. The number of para-hydroxylation sites is 3. The summed E-state index contributed by atoms with van der Waals surface area (Å²) >= 11 is 0. The summed E-state index contributed by atoms with van der Waals surface area (Å²) in [6.45, 7) is 0. The minimum absolute atomic E-state index is 0.696. The van der Waals surface area contributed by atoms with E-state index >= 15 is 0 Å². The van der Waals surface area contributed by atoms with Gasteiger partial charge in [-0.25, -0.2) is 9.97 Å². The smallest absolute Gasteiger partial charge is 0.160 e. The van der Waals surface area contributed by atoms with Crippen molar-refractivity contribution in [3.8, 4) is 50.6 Å². The Hall–Kier alpha value is -7.30. The van der Waals surface area contributed by atoms with Crippen LogP contribution in [0.2, 0.25) is 0 Å². The lowest BCUT2D eigenvalue weighted by atomic mass is 9.98. The molecule has 11 aromatic rings. The number of aromatic nitrogens is 3. The van der Waals surface area contributed by atoms with E-state index < -0.39 is 0 Å². The number of furan rings is 1. The number of fused-ring (bicyclic) bond motifs is 7. The standard InChI is InChI=1S/C50H31N3O/c1-3-11-33(12-4-1)49-43-29-35(36-23-26-40-39-15-7-9-17-45(39)53(46(40)30-36)38-13-5-2-6-14-38)25-28-44(43)51-50(52-49)34-21-19-32(20-22-34)37-24-27-42-41-16-8-10-18-47(41)54-48(42)31-37/h1-31H. The molecule has 0 aliphatic carbocycles. The maximum Gasteiger partial charge on any atom is 0.160 e. The van der Waals surface area contributed by atoms with Crippen molar-refractivity contribution in [3.05, 3.63) is 188 Å². The lowest BCUT2D eigenvalue weighted by Crippen LogP contribution is -1.96. The van der Waals surface area contributed by atoms with E-state index in [1.54, 1.807) is 0 Å². The zero-order valence-corrected chi connectivity index (χ0v) is 29.1. The Kier molecular flexibility index (Phi) is 6.82. The first-order valence-corrected chi connectivity index (χ1v) is 18.2. The molecule has 0 radical (unpaired) electrons. The zero-order valence-electron chi connectivity index (χ0n) is 29.1.